The zero-order valence-corrected chi connectivity index (χ0v) is 21.1. The molecule has 5 fully saturated rings. The van der Waals surface area contributed by atoms with Crippen molar-refractivity contribution >= 4 is 17.8 Å². The third-order valence-corrected chi connectivity index (χ3v) is 8.80. The van der Waals surface area contributed by atoms with Gasteiger partial charge in [0.1, 0.15) is 5.69 Å². The zero-order chi connectivity index (χ0) is 24.2. The normalized spacial score (nSPS) is 29.2. The Morgan fingerprint density at radius 2 is 1.62 bits per heavy atom. The van der Waals surface area contributed by atoms with Crippen molar-refractivity contribution in [2.45, 2.75) is 97.2 Å². The van der Waals surface area contributed by atoms with Gasteiger partial charge in [-0.15, -0.1) is 0 Å². The lowest BCUT2D eigenvalue weighted by molar-refractivity contribution is -0.0157. The molecule has 186 valence electrons. The van der Waals surface area contributed by atoms with Gasteiger partial charge in [-0.25, -0.2) is 9.59 Å². The molecule has 6 rings (SSSR count). The molecule has 1 N–H and O–H groups in total. The number of nitrogens with one attached hydrogen (secondary N) is 1. The lowest BCUT2D eigenvalue weighted by Gasteiger charge is -2.57. The number of carbonyl (C=O) groups excluding carboxylic acids is 3. The monoisotopic (exact) mass is 469 g/mol. The van der Waals surface area contributed by atoms with Crippen molar-refractivity contribution in [1.82, 2.24) is 14.8 Å². The maximum atomic E-state index is 13.6. The van der Waals surface area contributed by atoms with E-state index in [2.05, 4.69) is 5.32 Å². The maximum absolute atomic E-state index is 13.6. The first-order valence-corrected chi connectivity index (χ1v) is 13.2. The number of carbonyl (C=O) groups is 3. The van der Waals surface area contributed by atoms with Gasteiger partial charge in [0, 0.05) is 29.4 Å². The number of hydrogen-bond acceptors (Lipinski definition) is 4. The number of urea groups is 1. The molecule has 34 heavy (non-hydrogen) atoms. The van der Waals surface area contributed by atoms with E-state index in [1.807, 2.05) is 25.3 Å². The number of Topliss-reactive ketones (excluding diaryl/α,β-unsaturated/α-hetero) is 1. The van der Waals surface area contributed by atoms with Gasteiger partial charge in [-0.05, 0) is 102 Å². The minimum absolute atomic E-state index is 0.0561. The van der Waals surface area contributed by atoms with E-state index in [4.69, 9.17) is 4.74 Å². The number of esters is 1. The molecule has 0 unspecified atom stereocenters. The van der Waals surface area contributed by atoms with Crippen molar-refractivity contribution in [3.8, 4) is 0 Å². The third-order valence-electron chi connectivity index (χ3n) is 8.80. The first-order valence-electron chi connectivity index (χ1n) is 13.2. The number of nitrogens with zero attached hydrogens (tertiary/aromatic N) is 2. The smallest absolute Gasteiger partial charge is 0.355 e. The van der Waals surface area contributed by atoms with E-state index in [0.717, 1.165) is 55.6 Å². The molecule has 0 spiro atoms. The second kappa shape index (κ2) is 8.72. The van der Waals surface area contributed by atoms with Gasteiger partial charge in [0.05, 0.1) is 13.2 Å². The lowest BCUT2D eigenvalue weighted by atomic mass is 9.53. The topological polar surface area (TPSA) is 80.6 Å². The van der Waals surface area contributed by atoms with Crippen molar-refractivity contribution in [3.63, 3.8) is 0 Å². The summed E-state index contributed by atoms with van der Waals surface area (Å²) in [6.07, 6.45) is 9.17. The number of rotatable bonds is 8. The average Bonchev–Trinajstić information content (AvgIpc) is 3.55. The Morgan fingerprint density at radius 3 is 2.12 bits per heavy atom. The summed E-state index contributed by atoms with van der Waals surface area (Å²) in [6.45, 7) is 8.35. The van der Waals surface area contributed by atoms with Crippen LogP contribution in [0.5, 0.6) is 0 Å². The average molecular weight is 470 g/mol. The highest BCUT2D eigenvalue weighted by atomic mass is 16.5. The summed E-state index contributed by atoms with van der Waals surface area (Å²) >= 11 is 0. The molecular formula is C27H39N3O4. The quantitative estimate of drug-likeness (QED) is 0.445. The van der Waals surface area contributed by atoms with Crippen molar-refractivity contribution < 1.29 is 19.1 Å². The van der Waals surface area contributed by atoms with Gasteiger partial charge in [-0.2, -0.15) is 0 Å². The minimum atomic E-state index is -0.400. The molecule has 5 aliphatic carbocycles. The SMILES string of the molecule is CCOC(=O)c1c(C)c(C(=O)CN(C(=O)NC23CC4CC(CC(C4)C2)C3)C2CC2)c(C)n1CC. The van der Waals surface area contributed by atoms with E-state index < -0.39 is 5.97 Å². The van der Waals surface area contributed by atoms with Crippen LogP contribution < -0.4 is 5.32 Å². The maximum Gasteiger partial charge on any atom is 0.355 e. The summed E-state index contributed by atoms with van der Waals surface area (Å²) < 4.78 is 7.11. The van der Waals surface area contributed by atoms with Gasteiger partial charge >= 0.3 is 12.0 Å². The predicted octanol–water partition coefficient (Wildman–Crippen LogP) is 4.63. The fraction of sp³-hybridized carbons (Fsp3) is 0.741. The van der Waals surface area contributed by atoms with E-state index in [9.17, 15) is 14.4 Å². The Bertz CT molecular complexity index is 971. The number of amides is 2. The Morgan fingerprint density at radius 1 is 1.03 bits per heavy atom. The van der Waals surface area contributed by atoms with Gasteiger partial charge in [-0.1, -0.05) is 0 Å². The Labute approximate surface area is 202 Å². The lowest BCUT2D eigenvalue weighted by Crippen LogP contribution is -2.62. The molecule has 5 saturated carbocycles. The molecule has 0 radical (unpaired) electrons. The first-order chi connectivity index (χ1) is 16.2. The summed E-state index contributed by atoms with van der Waals surface area (Å²) in [5.41, 5.74) is 2.35. The standard InChI is InChI=1S/C27H39N3O4/c1-5-29-17(4)23(16(3)24(29)25(32)34-6-2)22(31)15-30(21-7-8-21)26(33)28-27-12-18-9-19(13-27)11-20(10-18)14-27/h18-21H,5-15H2,1-4H3,(H,28,33). The summed E-state index contributed by atoms with van der Waals surface area (Å²) in [5, 5.41) is 3.45. The van der Waals surface area contributed by atoms with Crippen LogP contribution in [0.4, 0.5) is 4.79 Å². The Balaban J connectivity index is 1.35. The van der Waals surface area contributed by atoms with Crippen molar-refractivity contribution in [2.24, 2.45) is 17.8 Å². The van der Waals surface area contributed by atoms with Gasteiger partial charge in [-0.3, -0.25) is 4.79 Å². The molecule has 4 bridgehead atoms. The Kier molecular flexibility index (Phi) is 6.01. The van der Waals surface area contributed by atoms with Gasteiger partial charge in [0.25, 0.3) is 0 Å². The summed E-state index contributed by atoms with van der Waals surface area (Å²) in [5.74, 6) is 1.76. The van der Waals surface area contributed by atoms with Crippen LogP contribution in [0.3, 0.4) is 0 Å². The number of aromatic nitrogens is 1. The summed E-state index contributed by atoms with van der Waals surface area (Å²) in [4.78, 5) is 41.5. The highest BCUT2D eigenvalue weighted by molar-refractivity contribution is 6.04. The van der Waals surface area contributed by atoms with Crippen molar-refractivity contribution in [3.05, 3.63) is 22.5 Å². The third kappa shape index (κ3) is 4.05. The van der Waals surface area contributed by atoms with Gasteiger partial charge in [0.2, 0.25) is 0 Å². The van der Waals surface area contributed by atoms with Gasteiger partial charge < -0.3 is 19.5 Å². The highest BCUT2D eigenvalue weighted by Gasteiger charge is 2.52. The molecule has 1 aromatic rings. The predicted molar refractivity (Wildman–Crippen MR) is 129 cm³/mol. The van der Waals surface area contributed by atoms with E-state index >= 15 is 0 Å². The second-order valence-corrected chi connectivity index (χ2v) is 11.3. The molecule has 0 aromatic carbocycles. The molecule has 0 aliphatic heterocycles. The van der Waals surface area contributed by atoms with Crippen molar-refractivity contribution in [2.75, 3.05) is 13.2 Å². The molecule has 0 saturated heterocycles. The first kappa shape index (κ1) is 23.4. The largest absolute Gasteiger partial charge is 0.461 e. The van der Waals surface area contributed by atoms with Crippen LogP contribution in [-0.2, 0) is 11.3 Å². The van der Waals surface area contributed by atoms with E-state index in [1.165, 1.54) is 19.3 Å². The fourth-order valence-corrected chi connectivity index (χ4v) is 7.71. The molecule has 0 atom stereocenters. The fourth-order valence-electron chi connectivity index (χ4n) is 7.71. The highest BCUT2D eigenvalue weighted by Crippen LogP contribution is 2.55. The number of hydrogen-bond donors (Lipinski definition) is 1. The van der Waals surface area contributed by atoms with E-state index in [1.54, 1.807) is 11.8 Å². The molecule has 1 aromatic heterocycles. The van der Waals surface area contributed by atoms with E-state index in [0.29, 0.717) is 23.4 Å². The van der Waals surface area contributed by atoms with Gasteiger partial charge in [0.15, 0.2) is 5.78 Å². The molecule has 7 nitrogen and oxygen atoms in total. The zero-order valence-electron chi connectivity index (χ0n) is 21.1. The second-order valence-electron chi connectivity index (χ2n) is 11.3. The van der Waals surface area contributed by atoms with Crippen LogP contribution in [0.25, 0.3) is 0 Å². The summed E-state index contributed by atoms with van der Waals surface area (Å²) in [7, 11) is 0. The molecule has 1 heterocycles. The molecule has 2 amide bonds. The Hall–Kier alpha value is -2.31. The number of ketones is 1. The van der Waals surface area contributed by atoms with Crippen LogP contribution in [-0.4, -0.2) is 52.0 Å². The molecule has 5 aliphatic rings. The van der Waals surface area contributed by atoms with Crippen LogP contribution >= 0.6 is 0 Å². The van der Waals surface area contributed by atoms with Crippen LogP contribution in [0, 0.1) is 31.6 Å². The molecular weight excluding hydrogens is 430 g/mol. The van der Waals surface area contributed by atoms with Crippen LogP contribution in [0.15, 0.2) is 0 Å². The molecule has 7 heteroatoms. The number of ether oxygens (including phenoxy) is 1. The van der Waals surface area contributed by atoms with E-state index in [-0.39, 0.29) is 36.5 Å². The van der Waals surface area contributed by atoms with Crippen molar-refractivity contribution in [1.29, 1.82) is 0 Å². The minimum Gasteiger partial charge on any atom is -0.461 e. The van der Waals surface area contributed by atoms with Crippen LogP contribution in [0.1, 0.15) is 97.3 Å². The summed E-state index contributed by atoms with van der Waals surface area (Å²) in [6, 6.07) is 0.0601. The van der Waals surface area contributed by atoms with Crippen LogP contribution in [0.2, 0.25) is 0 Å².